The molecule has 38 heavy (non-hydrogen) atoms. The predicted octanol–water partition coefficient (Wildman–Crippen LogP) is 9.08. The van der Waals surface area contributed by atoms with E-state index in [1.807, 2.05) is 54.6 Å². The van der Waals surface area contributed by atoms with Crippen molar-refractivity contribution in [2.45, 2.75) is 20.0 Å². The summed E-state index contributed by atoms with van der Waals surface area (Å²) in [4.78, 5) is 10.0. The Bertz CT molecular complexity index is 1640. The number of aryl methyl sites for hydroxylation is 1. The van der Waals surface area contributed by atoms with Crippen LogP contribution in [0.5, 0.6) is 5.75 Å². The van der Waals surface area contributed by atoms with Gasteiger partial charge >= 0.3 is 0 Å². The number of hydrogen-bond donors (Lipinski definition) is 0. The van der Waals surface area contributed by atoms with Crippen LogP contribution >= 0.6 is 0 Å². The minimum atomic E-state index is -0.0773. The maximum atomic E-state index is 6.58. The predicted molar refractivity (Wildman–Crippen MR) is 156 cm³/mol. The van der Waals surface area contributed by atoms with Gasteiger partial charge in [-0.2, -0.15) is 0 Å². The largest absolute Gasteiger partial charge is 0.485 e. The summed E-state index contributed by atoms with van der Waals surface area (Å²) in [5.74, 6) is 1.58. The van der Waals surface area contributed by atoms with E-state index in [0.29, 0.717) is 5.82 Å². The summed E-state index contributed by atoms with van der Waals surface area (Å²) in [6.45, 7) is 4.19. The van der Waals surface area contributed by atoms with E-state index in [4.69, 9.17) is 14.7 Å². The second kappa shape index (κ2) is 10.3. The molecule has 0 aliphatic heterocycles. The van der Waals surface area contributed by atoms with Crippen LogP contribution in [-0.2, 0) is 0 Å². The number of ether oxygens (including phenoxy) is 1. The van der Waals surface area contributed by atoms with Gasteiger partial charge in [-0.3, -0.25) is 0 Å². The van der Waals surface area contributed by atoms with Gasteiger partial charge in [-0.15, -0.1) is 0 Å². The summed E-state index contributed by atoms with van der Waals surface area (Å²) in [5.41, 5.74) is 7.11. The fourth-order valence-electron chi connectivity index (χ4n) is 4.76. The van der Waals surface area contributed by atoms with E-state index in [1.165, 1.54) is 0 Å². The first-order valence-electron chi connectivity index (χ1n) is 12.9. The lowest BCUT2D eigenvalue weighted by molar-refractivity contribution is 0.228. The fourth-order valence-corrected chi connectivity index (χ4v) is 4.76. The topological polar surface area (TPSA) is 35.0 Å². The van der Waals surface area contributed by atoms with Crippen LogP contribution in [0.2, 0.25) is 0 Å². The molecule has 5 aromatic carbocycles. The van der Waals surface area contributed by atoms with Crippen molar-refractivity contribution >= 4 is 10.8 Å². The van der Waals surface area contributed by atoms with Crippen molar-refractivity contribution in [1.82, 2.24) is 9.97 Å². The standard InChI is InChI=1S/C35H28N2O/c1-24-18-19-27-20-21-30(22-31(27)34(24)38-25(2)26-12-6-3-7-13-26)35-36-32(28-14-8-4-9-15-28)23-33(37-35)29-16-10-5-11-17-29/h3-23,25H,1-2H3. The van der Waals surface area contributed by atoms with Crippen LogP contribution < -0.4 is 4.74 Å². The van der Waals surface area contributed by atoms with Gasteiger partial charge < -0.3 is 4.74 Å². The third kappa shape index (κ3) is 4.79. The summed E-state index contributed by atoms with van der Waals surface area (Å²) in [6.07, 6.45) is -0.0773. The van der Waals surface area contributed by atoms with Crippen LogP contribution in [0.3, 0.4) is 0 Å². The molecule has 0 saturated carbocycles. The van der Waals surface area contributed by atoms with Gasteiger partial charge in [0.15, 0.2) is 5.82 Å². The van der Waals surface area contributed by atoms with E-state index < -0.39 is 0 Å². The van der Waals surface area contributed by atoms with Crippen LogP contribution in [0.1, 0.15) is 24.2 Å². The summed E-state index contributed by atoms with van der Waals surface area (Å²) in [5, 5.41) is 2.18. The zero-order chi connectivity index (χ0) is 25.9. The summed E-state index contributed by atoms with van der Waals surface area (Å²) in [6, 6.07) is 43.6. The number of aromatic nitrogens is 2. The van der Waals surface area contributed by atoms with Gasteiger partial charge in [-0.25, -0.2) is 9.97 Å². The first kappa shape index (κ1) is 23.6. The van der Waals surface area contributed by atoms with Crippen LogP contribution in [0.4, 0.5) is 0 Å². The van der Waals surface area contributed by atoms with E-state index in [0.717, 1.165) is 55.7 Å². The van der Waals surface area contributed by atoms with Crippen molar-refractivity contribution in [3.05, 3.63) is 139 Å². The Hall–Kier alpha value is -4.76. The second-order valence-corrected chi connectivity index (χ2v) is 9.51. The van der Waals surface area contributed by atoms with Crippen molar-refractivity contribution in [1.29, 1.82) is 0 Å². The van der Waals surface area contributed by atoms with Crippen LogP contribution in [0.25, 0.3) is 44.7 Å². The molecular formula is C35H28N2O. The van der Waals surface area contributed by atoms with Crippen LogP contribution in [0, 0.1) is 6.92 Å². The lowest BCUT2D eigenvalue weighted by Crippen LogP contribution is -2.04. The Balaban J connectivity index is 1.48. The maximum Gasteiger partial charge on any atom is 0.160 e. The zero-order valence-corrected chi connectivity index (χ0v) is 21.5. The van der Waals surface area contributed by atoms with Gasteiger partial charge in [-0.05, 0) is 42.5 Å². The molecule has 0 saturated heterocycles. The normalized spacial score (nSPS) is 11.8. The van der Waals surface area contributed by atoms with Gasteiger partial charge in [0.2, 0.25) is 0 Å². The Morgan fingerprint density at radius 2 is 1.13 bits per heavy atom. The summed E-state index contributed by atoms with van der Waals surface area (Å²) >= 11 is 0. The Labute approximate surface area is 223 Å². The average molecular weight is 493 g/mol. The van der Waals surface area contributed by atoms with Gasteiger partial charge in [0.05, 0.1) is 11.4 Å². The molecule has 0 N–H and O–H groups in total. The fraction of sp³-hybridized carbons (Fsp3) is 0.0857. The molecule has 1 unspecified atom stereocenters. The Morgan fingerprint density at radius 1 is 0.579 bits per heavy atom. The van der Waals surface area contributed by atoms with Crippen LogP contribution in [-0.4, -0.2) is 9.97 Å². The average Bonchev–Trinajstić information content (AvgIpc) is 2.99. The van der Waals surface area contributed by atoms with Crippen molar-refractivity contribution in [3.8, 4) is 39.7 Å². The van der Waals surface area contributed by atoms with Gasteiger partial charge in [-0.1, -0.05) is 115 Å². The highest BCUT2D eigenvalue weighted by molar-refractivity contribution is 5.93. The first-order chi connectivity index (χ1) is 18.7. The SMILES string of the molecule is Cc1ccc2ccc(-c3nc(-c4ccccc4)cc(-c4ccccc4)n3)cc2c1OC(C)c1ccccc1. The third-order valence-corrected chi connectivity index (χ3v) is 6.86. The smallest absolute Gasteiger partial charge is 0.160 e. The molecule has 6 rings (SSSR count). The number of benzene rings is 5. The number of rotatable bonds is 6. The molecule has 0 bridgehead atoms. The lowest BCUT2D eigenvalue weighted by Gasteiger charge is -2.19. The first-order valence-corrected chi connectivity index (χ1v) is 12.9. The van der Waals surface area contributed by atoms with Crippen molar-refractivity contribution in [2.75, 3.05) is 0 Å². The maximum absolute atomic E-state index is 6.58. The third-order valence-electron chi connectivity index (χ3n) is 6.86. The molecule has 184 valence electrons. The molecule has 0 amide bonds. The molecule has 0 radical (unpaired) electrons. The van der Waals surface area contributed by atoms with Gasteiger partial charge in [0, 0.05) is 22.1 Å². The molecule has 3 nitrogen and oxygen atoms in total. The minimum Gasteiger partial charge on any atom is -0.485 e. The molecule has 1 atom stereocenters. The summed E-state index contributed by atoms with van der Waals surface area (Å²) < 4.78 is 6.58. The molecule has 1 heterocycles. The van der Waals surface area contributed by atoms with E-state index >= 15 is 0 Å². The molecule has 3 heteroatoms. The Kier molecular flexibility index (Phi) is 6.41. The van der Waals surface area contributed by atoms with Crippen molar-refractivity contribution in [3.63, 3.8) is 0 Å². The molecule has 0 aliphatic carbocycles. The zero-order valence-electron chi connectivity index (χ0n) is 21.5. The highest BCUT2D eigenvalue weighted by Crippen LogP contribution is 2.36. The van der Waals surface area contributed by atoms with E-state index in [-0.39, 0.29) is 6.10 Å². The number of hydrogen-bond acceptors (Lipinski definition) is 3. The summed E-state index contributed by atoms with van der Waals surface area (Å²) in [7, 11) is 0. The molecular weight excluding hydrogens is 464 g/mol. The molecule has 0 aliphatic rings. The lowest BCUT2D eigenvalue weighted by atomic mass is 10.0. The highest BCUT2D eigenvalue weighted by atomic mass is 16.5. The highest BCUT2D eigenvalue weighted by Gasteiger charge is 2.15. The number of fused-ring (bicyclic) bond motifs is 1. The van der Waals surface area contributed by atoms with E-state index in [2.05, 4.69) is 86.6 Å². The second-order valence-electron chi connectivity index (χ2n) is 9.51. The van der Waals surface area contributed by atoms with E-state index in [9.17, 15) is 0 Å². The Morgan fingerprint density at radius 3 is 1.74 bits per heavy atom. The van der Waals surface area contributed by atoms with Crippen molar-refractivity contribution < 1.29 is 4.74 Å². The molecule has 0 fully saturated rings. The monoisotopic (exact) mass is 492 g/mol. The van der Waals surface area contributed by atoms with Crippen molar-refractivity contribution in [2.24, 2.45) is 0 Å². The minimum absolute atomic E-state index is 0.0773. The molecule has 0 spiro atoms. The molecule has 6 aromatic rings. The van der Waals surface area contributed by atoms with Gasteiger partial charge in [0.1, 0.15) is 11.9 Å². The van der Waals surface area contributed by atoms with E-state index in [1.54, 1.807) is 0 Å². The van der Waals surface area contributed by atoms with Crippen LogP contribution in [0.15, 0.2) is 127 Å². The molecule has 1 aromatic heterocycles. The number of nitrogens with zero attached hydrogens (tertiary/aromatic N) is 2. The van der Waals surface area contributed by atoms with Gasteiger partial charge in [0.25, 0.3) is 0 Å². The quantitative estimate of drug-likeness (QED) is 0.233.